The van der Waals surface area contributed by atoms with Crippen molar-refractivity contribution in [1.82, 2.24) is 9.80 Å². The molecule has 3 unspecified atom stereocenters. The highest BCUT2D eigenvalue weighted by molar-refractivity contribution is 5.73. The monoisotopic (exact) mass is 368 g/mol. The lowest BCUT2D eigenvalue weighted by molar-refractivity contribution is -0.130. The van der Waals surface area contributed by atoms with Gasteiger partial charge in [0.2, 0.25) is 5.91 Å². The molecule has 0 bridgehead atoms. The Morgan fingerprint density at radius 3 is 2.89 bits per heavy atom. The third-order valence-corrected chi connectivity index (χ3v) is 6.42. The number of benzene rings is 1. The molecule has 4 rings (SSSR count). The van der Waals surface area contributed by atoms with Crippen LogP contribution < -0.4 is 4.74 Å². The van der Waals surface area contributed by atoms with Gasteiger partial charge in [-0.3, -0.25) is 4.79 Å². The molecule has 1 aromatic carbocycles. The number of carbonyl (C=O) groups is 1. The summed E-state index contributed by atoms with van der Waals surface area (Å²) >= 11 is 0. The van der Waals surface area contributed by atoms with E-state index in [-0.39, 0.29) is 12.0 Å². The first-order valence-corrected chi connectivity index (χ1v) is 10.6. The fourth-order valence-electron chi connectivity index (χ4n) is 4.87. The van der Waals surface area contributed by atoms with E-state index < -0.39 is 0 Å². The molecule has 1 aromatic rings. The van der Waals surface area contributed by atoms with Gasteiger partial charge in [0.1, 0.15) is 11.9 Å². The molecule has 0 N–H and O–H groups in total. The van der Waals surface area contributed by atoms with Gasteiger partial charge >= 0.3 is 0 Å². The first-order chi connectivity index (χ1) is 13.2. The molecule has 1 fully saturated rings. The maximum atomic E-state index is 12.2. The Balaban J connectivity index is 1.45. The highest BCUT2D eigenvalue weighted by Crippen LogP contribution is 2.31. The lowest BCUT2D eigenvalue weighted by Gasteiger charge is -2.39. The Labute approximate surface area is 163 Å². The maximum Gasteiger partial charge on any atom is 0.219 e. The lowest BCUT2D eigenvalue weighted by Crippen LogP contribution is -2.47. The number of carbonyl (C=O) groups excluding carboxylic acids is 1. The Morgan fingerprint density at radius 2 is 2.07 bits per heavy atom. The lowest BCUT2D eigenvalue weighted by atomic mass is 9.89. The van der Waals surface area contributed by atoms with Crippen molar-refractivity contribution in [2.45, 2.75) is 51.7 Å². The number of nitrogens with zero attached hydrogens (tertiary/aromatic N) is 2. The predicted octanol–water partition coefficient (Wildman–Crippen LogP) is 3.86. The number of allylic oxidation sites excluding steroid dienone is 2. The molecule has 0 aromatic heterocycles. The van der Waals surface area contributed by atoms with E-state index >= 15 is 0 Å². The first kappa shape index (κ1) is 18.5. The predicted molar refractivity (Wildman–Crippen MR) is 108 cm³/mol. The van der Waals surface area contributed by atoms with Crippen LogP contribution >= 0.6 is 0 Å². The number of para-hydroxylation sites is 1. The quantitative estimate of drug-likeness (QED) is 0.760. The molecule has 1 amide bonds. The van der Waals surface area contributed by atoms with Gasteiger partial charge in [0, 0.05) is 38.0 Å². The largest absolute Gasteiger partial charge is 0.488 e. The van der Waals surface area contributed by atoms with Gasteiger partial charge in [-0.25, -0.2) is 0 Å². The smallest absolute Gasteiger partial charge is 0.219 e. The van der Waals surface area contributed by atoms with Crippen molar-refractivity contribution < 1.29 is 9.53 Å². The molecule has 2 heterocycles. The summed E-state index contributed by atoms with van der Waals surface area (Å²) in [7, 11) is 0. The van der Waals surface area contributed by atoms with Crippen molar-refractivity contribution in [1.29, 1.82) is 0 Å². The van der Waals surface area contributed by atoms with Crippen LogP contribution in [0.3, 0.4) is 0 Å². The van der Waals surface area contributed by atoms with Crippen molar-refractivity contribution >= 4 is 5.91 Å². The topological polar surface area (TPSA) is 32.8 Å². The molecule has 4 heteroatoms. The summed E-state index contributed by atoms with van der Waals surface area (Å²) in [6.07, 6.45) is 11.0. The molecule has 3 aliphatic rings. The van der Waals surface area contributed by atoms with Gasteiger partial charge in [0.25, 0.3) is 0 Å². The zero-order valence-electron chi connectivity index (χ0n) is 16.5. The van der Waals surface area contributed by atoms with Crippen molar-refractivity contribution in [3.8, 4) is 5.75 Å². The number of ether oxygens (including phenoxy) is 1. The van der Waals surface area contributed by atoms with Crippen LogP contribution in [0.15, 0.2) is 36.4 Å². The van der Waals surface area contributed by atoms with Crippen molar-refractivity contribution in [2.24, 2.45) is 11.8 Å². The normalized spacial score (nSPS) is 28.9. The number of piperidine rings is 1. The third kappa shape index (κ3) is 4.55. The minimum atomic E-state index is 0.0894. The standard InChI is InChI=1S/C23H32N2O2/c1-18(26)25-16-21-10-5-6-12-22(21)27-23(17-25)20-11-7-13-24(15-20)14-19-8-3-2-4-9-19/h2-3,5-6,10,12,19-20,23H,4,7-9,11,13-17H2,1H3. The highest BCUT2D eigenvalue weighted by atomic mass is 16.5. The number of hydrogen-bond donors (Lipinski definition) is 0. The molecule has 1 aliphatic carbocycles. The van der Waals surface area contributed by atoms with Gasteiger partial charge in [-0.1, -0.05) is 30.4 Å². The summed E-state index contributed by atoms with van der Waals surface area (Å²) < 4.78 is 6.48. The zero-order valence-corrected chi connectivity index (χ0v) is 16.5. The number of likely N-dealkylation sites (tertiary alicyclic amines) is 1. The minimum absolute atomic E-state index is 0.0894. The van der Waals surface area contributed by atoms with Crippen LogP contribution in [0.5, 0.6) is 5.75 Å². The van der Waals surface area contributed by atoms with Gasteiger partial charge < -0.3 is 14.5 Å². The third-order valence-electron chi connectivity index (χ3n) is 6.42. The first-order valence-electron chi connectivity index (χ1n) is 10.6. The number of rotatable bonds is 3. The van der Waals surface area contributed by atoms with Crippen LogP contribution in [0.2, 0.25) is 0 Å². The van der Waals surface area contributed by atoms with Crippen LogP contribution in [-0.4, -0.2) is 48.0 Å². The average Bonchev–Trinajstić information content (AvgIpc) is 2.89. The molecule has 2 aliphatic heterocycles. The number of hydrogen-bond acceptors (Lipinski definition) is 3. The zero-order chi connectivity index (χ0) is 18.6. The molecular weight excluding hydrogens is 336 g/mol. The Bertz CT molecular complexity index is 687. The van der Waals surface area contributed by atoms with Gasteiger partial charge in [-0.05, 0) is 50.6 Å². The van der Waals surface area contributed by atoms with Crippen molar-refractivity contribution in [3.05, 3.63) is 42.0 Å². The molecule has 27 heavy (non-hydrogen) atoms. The van der Waals surface area contributed by atoms with Gasteiger partial charge in [-0.15, -0.1) is 0 Å². The van der Waals surface area contributed by atoms with Crippen LogP contribution in [0.4, 0.5) is 0 Å². The summed E-state index contributed by atoms with van der Waals surface area (Å²) in [5, 5.41) is 0. The van der Waals surface area contributed by atoms with Crippen LogP contribution in [0.25, 0.3) is 0 Å². The van der Waals surface area contributed by atoms with E-state index in [0.717, 1.165) is 23.8 Å². The highest BCUT2D eigenvalue weighted by Gasteiger charge is 2.33. The van der Waals surface area contributed by atoms with E-state index in [2.05, 4.69) is 29.2 Å². The second-order valence-corrected chi connectivity index (χ2v) is 8.48. The molecule has 146 valence electrons. The van der Waals surface area contributed by atoms with Crippen molar-refractivity contribution in [2.75, 3.05) is 26.2 Å². The SMILES string of the molecule is CC(=O)N1Cc2ccccc2OC(C2CCCN(CC3CC=CCC3)C2)C1. The fourth-order valence-corrected chi connectivity index (χ4v) is 4.87. The molecule has 4 nitrogen and oxygen atoms in total. The molecule has 0 spiro atoms. The van der Waals surface area contributed by atoms with Crippen LogP contribution in [0, 0.1) is 11.8 Å². The molecule has 1 saturated heterocycles. The maximum absolute atomic E-state index is 12.2. The summed E-state index contributed by atoms with van der Waals surface area (Å²) in [5.74, 6) is 2.40. The second-order valence-electron chi connectivity index (χ2n) is 8.48. The fraction of sp³-hybridized carbons (Fsp3) is 0.609. The summed E-state index contributed by atoms with van der Waals surface area (Å²) in [5.41, 5.74) is 1.12. The van der Waals surface area contributed by atoms with E-state index in [1.165, 1.54) is 45.2 Å². The molecular formula is C23H32N2O2. The second kappa shape index (κ2) is 8.47. The van der Waals surface area contributed by atoms with E-state index in [1.807, 2.05) is 17.0 Å². The Hall–Kier alpha value is -1.81. The molecule has 0 radical (unpaired) electrons. The Morgan fingerprint density at radius 1 is 1.19 bits per heavy atom. The van der Waals surface area contributed by atoms with Crippen LogP contribution in [0.1, 0.15) is 44.6 Å². The molecule has 0 saturated carbocycles. The summed E-state index contributed by atoms with van der Waals surface area (Å²) in [4.78, 5) is 16.8. The van der Waals surface area contributed by atoms with Crippen molar-refractivity contribution in [3.63, 3.8) is 0 Å². The Kier molecular flexibility index (Phi) is 5.82. The molecule has 3 atom stereocenters. The van der Waals surface area contributed by atoms with E-state index in [1.54, 1.807) is 6.92 Å². The van der Waals surface area contributed by atoms with E-state index in [4.69, 9.17) is 4.74 Å². The van der Waals surface area contributed by atoms with Gasteiger partial charge in [-0.2, -0.15) is 0 Å². The van der Waals surface area contributed by atoms with E-state index in [9.17, 15) is 4.79 Å². The van der Waals surface area contributed by atoms with E-state index in [0.29, 0.717) is 19.0 Å². The number of fused-ring (bicyclic) bond motifs is 1. The van der Waals surface area contributed by atoms with Gasteiger partial charge in [0.15, 0.2) is 0 Å². The van der Waals surface area contributed by atoms with Gasteiger partial charge in [0.05, 0.1) is 6.54 Å². The average molecular weight is 369 g/mol. The minimum Gasteiger partial charge on any atom is -0.488 e. The summed E-state index contributed by atoms with van der Waals surface area (Å²) in [6.45, 7) is 6.55. The van der Waals surface area contributed by atoms with Crippen LogP contribution in [-0.2, 0) is 11.3 Å². The number of amides is 1. The summed E-state index contributed by atoms with van der Waals surface area (Å²) in [6, 6.07) is 8.20.